The largest absolute Gasteiger partial charge is 0.460 e. The lowest BCUT2D eigenvalue weighted by Gasteiger charge is -2.30. The number of benzene rings is 9. The molecule has 5 nitrogen and oxygen atoms in total. The van der Waals surface area contributed by atoms with Crippen LogP contribution < -0.4 is 0 Å². The van der Waals surface area contributed by atoms with Crippen molar-refractivity contribution in [1.29, 1.82) is 0 Å². The third-order valence-corrected chi connectivity index (χ3v) is 12.9. The predicted octanol–water partition coefficient (Wildman–Crippen LogP) is 14.6. The van der Waals surface area contributed by atoms with Crippen molar-refractivity contribution in [1.82, 2.24) is 19.5 Å². The summed E-state index contributed by atoms with van der Waals surface area (Å²) in [7, 11) is 0. The van der Waals surface area contributed by atoms with Crippen molar-refractivity contribution >= 4 is 87.6 Å². The molecule has 2 atom stereocenters. The monoisotopic (exact) mass is 780 g/mol. The number of aromatic nitrogens is 4. The zero-order valence-electron chi connectivity index (χ0n) is 33.2. The van der Waals surface area contributed by atoms with E-state index in [4.69, 9.17) is 19.4 Å². The second-order valence-electron chi connectivity index (χ2n) is 16.4. The first-order valence-electron chi connectivity index (χ1n) is 21.0. The molecule has 5 heteroatoms. The van der Waals surface area contributed by atoms with E-state index in [1.54, 1.807) is 0 Å². The molecule has 1 aliphatic rings. The molecule has 0 fully saturated rings. The maximum absolute atomic E-state index is 6.79. The van der Waals surface area contributed by atoms with Crippen LogP contribution in [0, 0.1) is 0 Å². The first-order chi connectivity index (χ1) is 30.1. The second kappa shape index (κ2) is 13.1. The van der Waals surface area contributed by atoms with Crippen molar-refractivity contribution in [3.05, 3.63) is 199 Å². The SMILES string of the molecule is CC1c2oc3ccccc3c2C=C(n2c3ccccc3c3cc4ccccc4cc32)C1c1nc(-c2ccc3ccccc3c2)nc(-c2ccc3c(ccc4ccccc43)c2)n1. The molecule has 0 N–H and O–H groups in total. The van der Waals surface area contributed by atoms with Gasteiger partial charge in [0, 0.05) is 44.5 Å². The van der Waals surface area contributed by atoms with Gasteiger partial charge in [-0.2, -0.15) is 0 Å². The van der Waals surface area contributed by atoms with Crippen molar-refractivity contribution in [3.63, 3.8) is 0 Å². The summed E-state index contributed by atoms with van der Waals surface area (Å²) in [6.07, 6.45) is 2.34. The first kappa shape index (κ1) is 34.0. The molecule has 0 spiro atoms. The van der Waals surface area contributed by atoms with Crippen LogP contribution >= 0.6 is 0 Å². The van der Waals surface area contributed by atoms with E-state index in [0.717, 1.165) is 60.9 Å². The molecular formula is C56H36N4O. The number of allylic oxidation sites excluding steroid dienone is 1. The summed E-state index contributed by atoms with van der Waals surface area (Å²) >= 11 is 0. The van der Waals surface area contributed by atoms with E-state index in [9.17, 15) is 0 Å². The summed E-state index contributed by atoms with van der Waals surface area (Å²) in [4.78, 5) is 16.3. The Morgan fingerprint density at radius 3 is 1.82 bits per heavy atom. The van der Waals surface area contributed by atoms with Gasteiger partial charge >= 0.3 is 0 Å². The summed E-state index contributed by atoms with van der Waals surface area (Å²) < 4.78 is 9.25. The van der Waals surface area contributed by atoms with Crippen LogP contribution in [-0.4, -0.2) is 19.5 Å². The summed E-state index contributed by atoms with van der Waals surface area (Å²) in [6, 6.07) is 64.9. The van der Waals surface area contributed by atoms with Gasteiger partial charge in [0.2, 0.25) is 0 Å². The van der Waals surface area contributed by atoms with Crippen LogP contribution in [0.5, 0.6) is 0 Å². The van der Waals surface area contributed by atoms with E-state index >= 15 is 0 Å². The third-order valence-electron chi connectivity index (χ3n) is 12.9. The molecule has 9 aromatic carbocycles. The summed E-state index contributed by atoms with van der Waals surface area (Å²) in [5.41, 5.74) is 7.24. The van der Waals surface area contributed by atoms with Crippen molar-refractivity contribution in [2.45, 2.75) is 18.8 Å². The second-order valence-corrected chi connectivity index (χ2v) is 16.4. The highest BCUT2D eigenvalue weighted by Crippen LogP contribution is 2.51. The van der Waals surface area contributed by atoms with E-state index in [0.29, 0.717) is 17.5 Å². The molecule has 3 heterocycles. The Labute approximate surface area is 350 Å². The number of nitrogens with zero attached hydrogens (tertiary/aromatic N) is 4. The molecule has 2 unspecified atom stereocenters. The highest BCUT2D eigenvalue weighted by molar-refractivity contribution is 6.15. The molecule has 0 bridgehead atoms. The van der Waals surface area contributed by atoms with E-state index < -0.39 is 0 Å². The highest BCUT2D eigenvalue weighted by Gasteiger charge is 2.38. The topological polar surface area (TPSA) is 56.7 Å². The number of fused-ring (bicyclic) bond motifs is 11. The number of hydrogen-bond acceptors (Lipinski definition) is 4. The Kier molecular flexibility index (Phi) is 7.28. The Morgan fingerprint density at radius 1 is 0.443 bits per heavy atom. The van der Waals surface area contributed by atoms with Gasteiger partial charge < -0.3 is 8.98 Å². The smallest absolute Gasteiger partial charge is 0.163 e. The molecule has 286 valence electrons. The average Bonchev–Trinajstić information content (AvgIpc) is 3.85. The van der Waals surface area contributed by atoms with E-state index in [2.05, 4.69) is 193 Å². The number of furan rings is 1. The molecular weight excluding hydrogens is 745 g/mol. The van der Waals surface area contributed by atoms with Crippen molar-refractivity contribution in [2.24, 2.45) is 0 Å². The molecule has 0 aliphatic heterocycles. The van der Waals surface area contributed by atoms with Crippen LogP contribution in [-0.2, 0) is 0 Å². The molecule has 13 rings (SSSR count). The van der Waals surface area contributed by atoms with E-state index in [1.807, 2.05) is 6.07 Å². The first-order valence-corrected chi connectivity index (χ1v) is 21.0. The predicted molar refractivity (Wildman–Crippen MR) is 252 cm³/mol. The van der Waals surface area contributed by atoms with Gasteiger partial charge in [0.15, 0.2) is 11.6 Å². The number of para-hydroxylation sites is 2. The van der Waals surface area contributed by atoms with Gasteiger partial charge in [-0.3, -0.25) is 0 Å². The maximum atomic E-state index is 6.79. The van der Waals surface area contributed by atoms with Crippen LogP contribution in [0.1, 0.15) is 35.9 Å². The maximum Gasteiger partial charge on any atom is 0.163 e. The molecule has 0 radical (unpaired) electrons. The van der Waals surface area contributed by atoms with Crippen LogP contribution in [0.25, 0.3) is 110 Å². The molecule has 0 saturated heterocycles. The average molecular weight is 781 g/mol. The van der Waals surface area contributed by atoms with Crippen LogP contribution in [0.4, 0.5) is 0 Å². The van der Waals surface area contributed by atoms with Crippen molar-refractivity contribution in [3.8, 4) is 22.8 Å². The molecule has 1 aliphatic carbocycles. The van der Waals surface area contributed by atoms with Crippen LogP contribution in [0.15, 0.2) is 186 Å². The number of hydrogen-bond donors (Lipinski definition) is 0. The van der Waals surface area contributed by atoms with Gasteiger partial charge in [-0.1, -0.05) is 153 Å². The van der Waals surface area contributed by atoms with E-state index in [1.165, 1.54) is 43.1 Å². The van der Waals surface area contributed by atoms with Gasteiger partial charge in [0.25, 0.3) is 0 Å². The summed E-state index contributed by atoms with van der Waals surface area (Å²) in [5.74, 6) is 2.49. The van der Waals surface area contributed by atoms with Gasteiger partial charge in [-0.15, -0.1) is 0 Å². The standard InChI is InChI=1S/C56H36N4O/c1-33-52(50(32-47-45-19-9-11-21-51(45)61-53(33)47)60-48-20-10-8-18-44(48)46-30-37-15-4-5-16-38(37)31-49(46)60)56-58-54(40-25-22-34-12-2-3-14-36(34)28-40)57-55(59-56)41-26-27-43-39(29-41)24-23-35-13-6-7-17-42(35)43/h2-33,52H,1H3. The molecule has 12 aromatic rings. The Balaban J connectivity index is 1.10. The van der Waals surface area contributed by atoms with Gasteiger partial charge in [0.05, 0.1) is 17.0 Å². The quantitative estimate of drug-likeness (QED) is 0.167. The summed E-state index contributed by atoms with van der Waals surface area (Å²) in [6.45, 7) is 2.27. The van der Waals surface area contributed by atoms with Crippen molar-refractivity contribution in [2.75, 3.05) is 0 Å². The lowest BCUT2D eigenvalue weighted by molar-refractivity contribution is 0.473. The number of rotatable bonds is 4. The van der Waals surface area contributed by atoms with Gasteiger partial charge in [0.1, 0.15) is 17.2 Å². The van der Waals surface area contributed by atoms with E-state index in [-0.39, 0.29) is 11.8 Å². The van der Waals surface area contributed by atoms with Crippen molar-refractivity contribution < 1.29 is 4.42 Å². The van der Waals surface area contributed by atoms with Crippen LogP contribution in [0.2, 0.25) is 0 Å². The Bertz CT molecular complexity index is 3820. The third kappa shape index (κ3) is 5.23. The zero-order valence-corrected chi connectivity index (χ0v) is 33.2. The Morgan fingerprint density at radius 2 is 1.02 bits per heavy atom. The van der Waals surface area contributed by atoms with Crippen LogP contribution in [0.3, 0.4) is 0 Å². The minimum atomic E-state index is -0.302. The zero-order chi connectivity index (χ0) is 40.2. The fraction of sp³-hybridized carbons (Fsp3) is 0.0536. The Hall–Kier alpha value is -7.89. The molecule has 3 aromatic heterocycles. The minimum Gasteiger partial charge on any atom is -0.460 e. The fourth-order valence-corrected chi connectivity index (χ4v) is 9.98. The molecule has 61 heavy (non-hydrogen) atoms. The lowest BCUT2D eigenvalue weighted by atomic mass is 9.80. The highest BCUT2D eigenvalue weighted by atomic mass is 16.3. The minimum absolute atomic E-state index is 0.123. The van der Waals surface area contributed by atoms with Gasteiger partial charge in [-0.05, 0) is 85.6 Å². The molecule has 0 saturated carbocycles. The lowest BCUT2D eigenvalue weighted by Crippen LogP contribution is -2.21. The fourth-order valence-electron chi connectivity index (χ4n) is 9.98. The summed E-state index contributed by atoms with van der Waals surface area (Å²) in [5, 5.41) is 13.0. The van der Waals surface area contributed by atoms with Gasteiger partial charge in [-0.25, -0.2) is 15.0 Å². The molecule has 0 amide bonds. The normalized spacial score (nSPS) is 15.4.